The van der Waals surface area contributed by atoms with E-state index in [4.69, 9.17) is 5.11 Å². The number of carboxylic acid groups (broad SMARTS) is 1. The molecule has 1 aromatic rings. The van der Waals surface area contributed by atoms with Crippen molar-refractivity contribution in [1.29, 1.82) is 0 Å². The Hall–Kier alpha value is -1.84. The van der Waals surface area contributed by atoms with E-state index in [1.165, 1.54) is 5.56 Å². The monoisotopic (exact) mass is 261 g/mol. The quantitative estimate of drug-likeness (QED) is 0.853. The first-order chi connectivity index (χ1) is 8.99. The maximum Gasteiger partial charge on any atom is 0.307 e. The smallest absolute Gasteiger partial charge is 0.307 e. The lowest BCUT2D eigenvalue weighted by Gasteiger charge is -2.08. The molecule has 0 unspecified atom stereocenters. The Labute approximate surface area is 112 Å². The van der Waals surface area contributed by atoms with Gasteiger partial charge in [-0.25, -0.2) is 0 Å². The molecule has 19 heavy (non-hydrogen) atoms. The van der Waals surface area contributed by atoms with Crippen LogP contribution in [0.2, 0.25) is 0 Å². The maximum atomic E-state index is 11.7. The molecule has 0 aliphatic heterocycles. The molecule has 1 aliphatic carbocycles. The van der Waals surface area contributed by atoms with Crippen molar-refractivity contribution in [2.45, 2.75) is 32.7 Å². The zero-order valence-electron chi connectivity index (χ0n) is 11.2. The van der Waals surface area contributed by atoms with Crippen molar-refractivity contribution in [2.75, 3.05) is 0 Å². The fourth-order valence-corrected chi connectivity index (χ4v) is 2.10. The average molecular weight is 261 g/mol. The summed E-state index contributed by atoms with van der Waals surface area (Å²) in [6.45, 7) is 4.73. The van der Waals surface area contributed by atoms with Gasteiger partial charge in [-0.3, -0.25) is 9.59 Å². The van der Waals surface area contributed by atoms with E-state index >= 15 is 0 Å². The first kappa shape index (κ1) is 13.6. The molecule has 0 bridgehead atoms. The van der Waals surface area contributed by atoms with Gasteiger partial charge >= 0.3 is 5.97 Å². The van der Waals surface area contributed by atoms with Gasteiger partial charge < -0.3 is 10.4 Å². The molecule has 1 aliphatic rings. The molecule has 0 heterocycles. The van der Waals surface area contributed by atoms with E-state index in [0.29, 0.717) is 18.9 Å². The molecule has 0 spiro atoms. The minimum absolute atomic E-state index is 0.152. The molecule has 0 radical (unpaired) electrons. The zero-order valence-corrected chi connectivity index (χ0v) is 11.2. The summed E-state index contributed by atoms with van der Waals surface area (Å²) < 4.78 is 0. The molecule has 102 valence electrons. The topological polar surface area (TPSA) is 66.4 Å². The Balaban J connectivity index is 1.83. The van der Waals surface area contributed by atoms with Crippen LogP contribution < -0.4 is 5.32 Å². The van der Waals surface area contributed by atoms with Gasteiger partial charge in [-0.05, 0) is 23.5 Å². The predicted octanol–water partition coefficient (Wildman–Crippen LogP) is 2.15. The van der Waals surface area contributed by atoms with E-state index in [0.717, 1.165) is 5.56 Å². The molecule has 1 aromatic carbocycles. The highest BCUT2D eigenvalue weighted by Crippen LogP contribution is 2.38. The number of aliphatic carboxylic acids is 1. The molecular formula is C15H19NO3. The third-order valence-corrected chi connectivity index (χ3v) is 3.56. The predicted molar refractivity (Wildman–Crippen MR) is 71.6 cm³/mol. The average Bonchev–Trinajstić information content (AvgIpc) is 3.16. The molecule has 2 rings (SSSR count). The van der Waals surface area contributed by atoms with Crippen LogP contribution in [0.3, 0.4) is 0 Å². The van der Waals surface area contributed by atoms with Gasteiger partial charge in [0, 0.05) is 6.54 Å². The zero-order chi connectivity index (χ0) is 14.0. The second-order valence-corrected chi connectivity index (χ2v) is 5.40. The Morgan fingerprint density at radius 3 is 2.37 bits per heavy atom. The highest BCUT2D eigenvalue weighted by atomic mass is 16.4. The molecule has 1 fully saturated rings. The van der Waals surface area contributed by atoms with Crippen LogP contribution in [0.5, 0.6) is 0 Å². The van der Waals surface area contributed by atoms with Gasteiger partial charge in [0.15, 0.2) is 0 Å². The number of carbonyl (C=O) groups is 2. The van der Waals surface area contributed by atoms with Crippen molar-refractivity contribution >= 4 is 11.9 Å². The number of benzene rings is 1. The second kappa shape index (κ2) is 5.43. The summed E-state index contributed by atoms with van der Waals surface area (Å²) in [7, 11) is 0. The molecule has 1 saturated carbocycles. The minimum Gasteiger partial charge on any atom is -0.481 e. The van der Waals surface area contributed by atoms with Crippen LogP contribution in [0.4, 0.5) is 0 Å². The summed E-state index contributed by atoms with van der Waals surface area (Å²) in [5.74, 6) is -1.36. The van der Waals surface area contributed by atoms with Crippen molar-refractivity contribution in [3.63, 3.8) is 0 Å². The summed E-state index contributed by atoms with van der Waals surface area (Å²) in [5.41, 5.74) is 2.30. The van der Waals surface area contributed by atoms with Crippen LogP contribution in [0, 0.1) is 11.8 Å². The van der Waals surface area contributed by atoms with Crippen LogP contribution in [0.15, 0.2) is 24.3 Å². The lowest BCUT2D eigenvalue weighted by atomic mass is 10.0. The molecule has 1 amide bonds. The van der Waals surface area contributed by atoms with E-state index in [9.17, 15) is 9.59 Å². The van der Waals surface area contributed by atoms with Crippen molar-refractivity contribution in [1.82, 2.24) is 5.32 Å². The fourth-order valence-electron chi connectivity index (χ4n) is 2.10. The summed E-state index contributed by atoms with van der Waals surface area (Å²) in [4.78, 5) is 22.4. The highest BCUT2D eigenvalue weighted by molar-refractivity contribution is 5.89. The SMILES string of the molecule is CC(C)c1ccc(CNC(=O)[C@@H]2C[C@@H]2C(=O)O)cc1. The van der Waals surface area contributed by atoms with E-state index in [1.54, 1.807) is 0 Å². The summed E-state index contributed by atoms with van der Waals surface area (Å²) in [6, 6.07) is 8.11. The van der Waals surface area contributed by atoms with Crippen molar-refractivity contribution in [2.24, 2.45) is 11.8 Å². The van der Waals surface area contributed by atoms with Crippen LogP contribution in [-0.4, -0.2) is 17.0 Å². The molecule has 2 atom stereocenters. The number of carboxylic acids is 1. The van der Waals surface area contributed by atoms with Crippen molar-refractivity contribution in [3.8, 4) is 0 Å². The normalized spacial score (nSPS) is 21.2. The van der Waals surface area contributed by atoms with Crippen LogP contribution in [0.25, 0.3) is 0 Å². The van der Waals surface area contributed by atoms with Gasteiger partial charge in [-0.15, -0.1) is 0 Å². The first-order valence-electron chi connectivity index (χ1n) is 6.58. The van der Waals surface area contributed by atoms with E-state index < -0.39 is 11.9 Å². The van der Waals surface area contributed by atoms with Crippen LogP contribution >= 0.6 is 0 Å². The lowest BCUT2D eigenvalue weighted by Crippen LogP contribution is -2.25. The van der Waals surface area contributed by atoms with Gasteiger partial charge in [-0.2, -0.15) is 0 Å². The maximum absolute atomic E-state index is 11.7. The van der Waals surface area contributed by atoms with Gasteiger partial charge in [0.2, 0.25) is 5.91 Å². The van der Waals surface area contributed by atoms with Gasteiger partial charge in [-0.1, -0.05) is 38.1 Å². The number of carbonyl (C=O) groups excluding carboxylic acids is 1. The van der Waals surface area contributed by atoms with Crippen LogP contribution in [-0.2, 0) is 16.1 Å². The van der Waals surface area contributed by atoms with Gasteiger partial charge in [0.05, 0.1) is 11.8 Å². The third-order valence-electron chi connectivity index (χ3n) is 3.56. The molecule has 0 saturated heterocycles. The summed E-state index contributed by atoms with van der Waals surface area (Å²) in [5, 5.41) is 11.6. The molecular weight excluding hydrogens is 242 g/mol. The number of amides is 1. The Morgan fingerprint density at radius 2 is 1.89 bits per heavy atom. The van der Waals surface area contributed by atoms with Crippen LogP contribution in [0.1, 0.15) is 37.3 Å². The summed E-state index contributed by atoms with van der Waals surface area (Å²) >= 11 is 0. The molecule has 2 N–H and O–H groups in total. The Morgan fingerprint density at radius 1 is 1.26 bits per heavy atom. The molecule has 4 heteroatoms. The van der Waals surface area contributed by atoms with E-state index in [1.807, 2.05) is 12.1 Å². The number of nitrogens with one attached hydrogen (secondary N) is 1. The molecule has 4 nitrogen and oxygen atoms in total. The fraction of sp³-hybridized carbons (Fsp3) is 0.467. The third kappa shape index (κ3) is 3.34. The minimum atomic E-state index is -0.874. The van der Waals surface area contributed by atoms with Crippen molar-refractivity contribution in [3.05, 3.63) is 35.4 Å². The van der Waals surface area contributed by atoms with Crippen molar-refractivity contribution < 1.29 is 14.7 Å². The summed E-state index contributed by atoms with van der Waals surface area (Å²) in [6.07, 6.45) is 0.466. The Bertz CT molecular complexity index is 479. The second-order valence-electron chi connectivity index (χ2n) is 5.40. The first-order valence-corrected chi connectivity index (χ1v) is 6.58. The van der Waals surface area contributed by atoms with Gasteiger partial charge in [0.1, 0.15) is 0 Å². The van der Waals surface area contributed by atoms with Gasteiger partial charge in [0.25, 0.3) is 0 Å². The lowest BCUT2D eigenvalue weighted by molar-refractivity contribution is -0.140. The number of hydrogen-bond donors (Lipinski definition) is 2. The largest absolute Gasteiger partial charge is 0.481 e. The van der Waals surface area contributed by atoms with E-state index in [2.05, 4.69) is 31.3 Å². The number of hydrogen-bond acceptors (Lipinski definition) is 2. The standard InChI is InChI=1S/C15H19NO3/c1-9(2)11-5-3-10(4-6-11)8-16-14(17)12-7-13(12)15(18)19/h3-6,9,12-13H,7-8H2,1-2H3,(H,16,17)(H,18,19)/t12-,13+/m1/s1. The highest BCUT2D eigenvalue weighted by Gasteiger charge is 2.48. The van der Waals surface area contributed by atoms with E-state index in [-0.39, 0.29) is 11.8 Å². The Kier molecular flexibility index (Phi) is 3.88. The molecule has 0 aromatic heterocycles. The number of rotatable bonds is 5.